The summed E-state index contributed by atoms with van der Waals surface area (Å²) in [5.74, 6) is 0. The van der Waals surface area contributed by atoms with Crippen LogP contribution in [0.1, 0.15) is 83.5 Å². The van der Waals surface area contributed by atoms with Crippen molar-refractivity contribution < 1.29 is 13.2 Å². The average molecular weight is 1060 g/mol. The molecule has 6 heterocycles. The van der Waals surface area contributed by atoms with Gasteiger partial charge in [0, 0.05) is 27.1 Å². The number of hydrogen-bond acceptors (Lipinski definition) is 2. The van der Waals surface area contributed by atoms with Crippen LogP contribution in [0.15, 0.2) is 152 Å². The van der Waals surface area contributed by atoms with Gasteiger partial charge in [0.25, 0.3) is 0 Å². The third kappa shape index (κ3) is 8.25. The maximum atomic E-state index is 14.8. The van der Waals surface area contributed by atoms with Gasteiger partial charge in [-0.05, 0) is 249 Å². The normalized spacial score (nSPS) is 12.2. The third-order valence-electron chi connectivity index (χ3n) is 17.0. The number of alkyl halides is 3. The molecule has 0 fully saturated rings. The summed E-state index contributed by atoms with van der Waals surface area (Å²) in [6.07, 6.45) is -4.06. The fourth-order valence-electron chi connectivity index (χ4n) is 14.2. The van der Waals surface area contributed by atoms with Crippen LogP contribution in [0.2, 0.25) is 0 Å². The maximum Gasteiger partial charge on any atom is 0.416 e. The number of aromatic nitrogens is 2. The third-order valence-corrected chi connectivity index (χ3v) is 17.0. The molecule has 0 radical (unpaired) electrons. The minimum atomic E-state index is -4.75. The van der Waals surface area contributed by atoms with E-state index in [-0.39, 0.29) is 22.3 Å². The molecule has 0 saturated carbocycles. The number of halogens is 3. The first-order valence-electron chi connectivity index (χ1n) is 27.5. The van der Waals surface area contributed by atoms with Gasteiger partial charge in [0.15, 0.2) is 0 Å². The molecule has 2 aromatic heterocycles. The molecule has 0 atom stereocenters. The summed E-state index contributed by atoms with van der Waals surface area (Å²) >= 11 is 0. The Balaban J connectivity index is 1.24. The zero-order chi connectivity index (χ0) is 56.7. The molecule has 7 heteroatoms. The van der Waals surface area contributed by atoms with Crippen LogP contribution in [0.4, 0.5) is 13.2 Å². The van der Waals surface area contributed by atoms with E-state index in [1.807, 2.05) is 18.2 Å². The zero-order valence-electron chi connectivity index (χ0n) is 47.1. The van der Waals surface area contributed by atoms with Crippen molar-refractivity contribution in [1.82, 2.24) is 9.13 Å². The van der Waals surface area contributed by atoms with E-state index in [9.17, 15) is 23.7 Å². The number of nitrogens with zero attached hydrogens (tertiary/aromatic N) is 4. The number of hydrogen-bond donors (Lipinski definition) is 0. The molecule has 4 aliphatic heterocycles. The summed E-state index contributed by atoms with van der Waals surface area (Å²) in [6, 6.07) is 56.4. The molecular formula is C74H57F3N4. The highest BCUT2D eigenvalue weighted by Crippen LogP contribution is 2.47. The van der Waals surface area contributed by atoms with Crippen molar-refractivity contribution in [3.8, 4) is 79.1 Å². The van der Waals surface area contributed by atoms with Crippen LogP contribution in [0, 0.1) is 91.9 Å². The second-order valence-electron chi connectivity index (χ2n) is 23.0. The highest BCUT2D eigenvalue weighted by molar-refractivity contribution is 6.15. The van der Waals surface area contributed by atoms with E-state index in [2.05, 4.69) is 206 Å². The molecule has 4 nitrogen and oxygen atoms in total. The zero-order valence-corrected chi connectivity index (χ0v) is 47.1. The summed E-state index contributed by atoms with van der Waals surface area (Å²) in [7, 11) is 0. The van der Waals surface area contributed by atoms with Crippen LogP contribution in [0.3, 0.4) is 0 Å². The van der Waals surface area contributed by atoms with Gasteiger partial charge >= 0.3 is 6.18 Å². The van der Waals surface area contributed by atoms with Crippen LogP contribution in [0.25, 0.3) is 111 Å². The largest absolute Gasteiger partial charge is 0.416 e. The van der Waals surface area contributed by atoms with Gasteiger partial charge in [-0.3, -0.25) is 0 Å². The van der Waals surface area contributed by atoms with Crippen LogP contribution in [-0.2, 0) is 12.6 Å². The van der Waals surface area contributed by atoms with E-state index in [1.165, 1.54) is 89.5 Å². The second-order valence-corrected chi connectivity index (χ2v) is 23.0. The first kappa shape index (κ1) is 51.0. The lowest BCUT2D eigenvalue weighted by Gasteiger charge is -2.20. The van der Waals surface area contributed by atoms with Crippen molar-refractivity contribution in [2.75, 3.05) is 0 Å². The SMILES string of the molecule is Cc1cc(C)c(-c2ccc3c(c2)c2cc4ccc2n3-c2cc(C#N)c(-c3cc(C#N)cc(C(F)(F)F)c3)cc2-n2c3ccc(-c5c(C)cc(C)cc5C)cc3c3cc(ccc32)-c2c(C)cc(C)cc2Cc2cc(C)cc(C)c2-4)c(C)c1. The van der Waals surface area contributed by atoms with E-state index in [0.29, 0.717) is 17.8 Å². The lowest BCUT2D eigenvalue weighted by molar-refractivity contribution is -0.137. The number of fused-ring (bicyclic) bond motifs is 2. The van der Waals surface area contributed by atoms with Gasteiger partial charge in [0.05, 0.1) is 62.3 Å². The predicted octanol–water partition coefficient (Wildman–Crippen LogP) is 20.0. The van der Waals surface area contributed by atoms with Gasteiger partial charge in [-0.2, -0.15) is 23.7 Å². The van der Waals surface area contributed by atoms with Gasteiger partial charge in [-0.15, -0.1) is 0 Å². The molecular weight excluding hydrogens is 1000 g/mol. The molecule has 4 aliphatic rings. The highest BCUT2D eigenvalue weighted by Gasteiger charge is 2.32. The summed E-state index contributed by atoms with van der Waals surface area (Å²) < 4.78 is 48.9. The fourth-order valence-corrected chi connectivity index (χ4v) is 14.2. The molecule has 0 spiro atoms. The molecule has 0 unspecified atom stereocenters. The average Bonchev–Trinajstić information content (AvgIpc) is 3.94. The lowest BCUT2D eigenvalue weighted by Crippen LogP contribution is -2.07. The minimum absolute atomic E-state index is 0.117. The predicted molar refractivity (Wildman–Crippen MR) is 327 cm³/mol. The first-order chi connectivity index (χ1) is 38.8. The summed E-state index contributed by atoms with van der Waals surface area (Å²) in [6.45, 7) is 21.7. The molecule has 10 aromatic carbocycles. The molecule has 394 valence electrons. The Morgan fingerprint density at radius 3 is 1.10 bits per heavy atom. The molecule has 0 saturated heterocycles. The fraction of sp³-hybridized carbons (Fsp3) is 0.162. The monoisotopic (exact) mass is 1060 g/mol. The standard InChI is InChI=1S/C74H57F3N4/c1-39-19-43(5)70(44(6)20-39)50-11-15-64-60(31-50)62-33-52-13-17-65(62)80(64)68-35-57(38-79)59(54-27-49(37-78)28-58(30-54)74(75,76)77)36-69(68)81-66-16-12-51(71-45(7)21-40(2)22-46(71)8)32-61(66)63-34-53(14-18-67(63)81)73-48(10)24-42(4)26-56(73)29-55-25-41(3)23-47(9)72(52)55/h11-28,30-36H,29H2,1-10H3. The lowest BCUT2D eigenvalue weighted by atomic mass is 9.85. The minimum Gasteiger partial charge on any atom is -0.307 e. The second kappa shape index (κ2) is 18.6. The van der Waals surface area contributed by atoms with Gasteiger partial charge in [0.1, 0.15) is 0 Å². The highest BCUT2D eigenvalue weighted by atomic mass is 19.4. The smallest absolute Gasteiger partial charge is 0.307 e. The Kier molecular flexibility index (Phi) is 11.7. The number of nitriles is 2. The van der Waals surface area contributed by atoms with Crippen molar-refractivity contribution >= 4 is 43.6 Å². The summed E-state index contributed by atoms with van der Waals surface area (Å²) in [5, 5.41) is 25.6. The Hall–Kier alpha value is -9.43. The summed E-state index contributed by atoms with van der Waals surface area (Å²) in [4.78, 5) is 0. The molecule has 0 aliphatic carbocycles. The Labute approximate surface area is 470 Å². The number of aryl methyl sites for hydroxylation is 10. The van der Waals surface area contributed by atoms with Gasteiger partial charge in [-0.25, -0.2) is 0 Å². The van der Waals surface area contributed by atoms with Gasteiger partial charge in [-0.1, -0.05) is 95.1 Å². The molecule has 0 amide bonds. The molecule has 16 rings (SSSR count). The van der Waals surface area contributed by atoms with E-state index in [4.69, 9.17) is 0 Å². The molecule has 81 heavy (non-hydrogen) atoms. The Morgan fingerprint density at radius 2 is 0.728 bits per heavy atom. The van der Waals surface area contributed by atoms with Gasteiger partial charge in [0.2, 0.25) is 0 Å². The van der Waals surface area contributed by atoms with E-state index in [0.717, 1.165) is 83.6 Å². The van der Waals surface area contributed by atoms with Crippen molar-refractivity contribution in [2.45, 2.75) is 81.8 Å². The van der Waals surface area contributed by atoms with Crippen LogP contribution < -0.4 is 0 Å². The maximum absolute atomic E-state index is 14.8. The van der Waals surface area contributed by atoms with E-state index >= 15 is 0 Å². The van der Waals surface area contributed by atoms with Crippen LogP contribution in [-0.4, -0.2) is 9.13 Å². The van der Waals surface area contributed by atoms with Crippen molar-refractivity contribution in [1.29, 1.82) is 10.5 Å². The van der Waals surface area contributed by atoms with Crippen molar-refractivity contribution in [2.24, 2.45) is 0 Å². The topological polar surface area (TPSA) is 57.4 Å². The Morgan fingerprint density at radius 1 is 0.370 bits per heavy atom. The number of rotatable bonds is 3. The van der Waals surface area contributed by atoms with Crippen LogP contribution >= 0.6 is 0 Å². The number of benzene rings is 10. The van der Waals surface area contributed by atoms with Crippen LogP contribution in [0.5, 0.6) is 0 Å². The van der Waals surface area contributed by atoms with E-state index in [1.54, 1.807) is 0 Å². The van der Waals surface area contributed by atoms with Gasteiger partial charge < -0.3 is 9.13 Å². The first-order valence-corrected chi connectivity index (χ1v) is 27.5. The van der Waals surface area contributed by atoms with Crippen molar-refractivity contribution in [3.05, 3.63) is 235 Å². The molecule has 12 aromatic rings. The van der Waals surface area contributed by atoms with Crippen molar-refractivity contribution in [3.63, 3.8) is 0 Å². The molecule has 8 bridgehead atoms. The van der Waals surface area contributed by atoms with E-state index < -0.39 is 11.7 Å². The molecule has 0 N–H and O–H groups in total. The summed E-state index contributed by atoms with van der Waals surface area (Å²) in [5.41, 5.74) is 27.6. The quantitative estimate of drug-likeness (QED) is 0.177. The Bertz CT molecular complexity index is 4800.